The van der Waals surface area contributed by atoms with Gasteiger partial charge in [0.25, 0.3) is 5.91 Å². The Morgan fingerprint density at radius 3 is 2.41 bits per heavy atom. The maximum atomic E-state index is 12.3. The van der Waals surface area contributed by atoms with Crippen LogP contribution in [0.15, 0.2) is 67.3 Å². The third-order valence-electron chi connectivity index (χ3n) is 4.54. The lowest BCUT2D eigenvalue weighted by molar-refractivity contribution is -0.123. The molecule has 4 rings (SSSR count). The van der Waals surface area contributed by atoms with Crippen LogP contribution in [0.3, 0.4) is 0 Å². The van der Waals surface area contributed by atoms with Crippen LogP contribution >= 0.6 is 0 Å². The molecular formula is C21H18F3N7O. The second-order valence-corrected chi connectivity index (χ2v) is 6.90. The molecule has 4 aromatic rings. The number of rotatable bonds is 6. The molecule has 11 heteroatoms. The smallest absolute Gasteiger partial charge is 0.343 e. The van der Waals surface area contributed by atoms with E-state index < -0.39 is 18.6 Å². The SMILES string of the molecule is Cn1nc(-c2ccc(C(=O)NCC(F)(F)F)cc2)nc1Nc1ccc(-n2ccnc2)cc1. The zero-order chi connectivity index (χ0) is 22.7. The van der Waals surface area contributed by atoms with E-state index in [2.05, 4.69) is 20.4 Å². The Balaban J connectivity index is 1.44. The second-order valence-electron chi connectivity index (χ2n) is 6.90. The van der Waals surface area contributed by atoms with Crippen molar-refractivity contribution in [3.8, 4) is 17.1 Å². The maximum Gasteiger partial charge on any atom is 0.405 e. The van der Waals surface area contributed by atoms with E-state index in [0.29, 0.717) is 17.3 Å². The highest BCUT2D eigenvalue weighted by Crippen LogP contribution is 2.22. The predicted molar refractivity (Wildman–Crippen MR) is 112 cm³/mol. The molecule has 2 aromatic carbocycles. The molecule has 2 heterocycles. The van der Waals surface area contributed by atoms with E-state index in [1.54, 1.807) is 36.4 Å². The summed E-state index contributed by atoms with van der Waals surface area (Å²) in [4.78, 5) is 20.3. The number of halogens is 3. The van der Waals surface area contributed by atoms with Gasteiger partial charge in [-0.3, -0.25) is 4.79 Å². The van der Waals surface area contributed by atoms with Crippen LogP contribution in [0.1, 0.15) is 10.4 Å². The van der Waals surface area contributed by atoms with Gasteiger partial charge in [0.15, 0.2) is 5.82 Å². The van der Waals surface area contributed by atoms with Gasteiger partial charge in [0.2, 0.25) is 5.95 Å². The number of hydrogen-bond donors (Lipinski definition) is 2. The van der Waals surface area contributed by atoms with Gasteiger partial charge in [-0.2, -0.15) is 18.2 Å². The molecule has 0 radical (unpaired) electrons. The Bertz CT molecular complexity index is 1200. The normalized spacial score (nSPS) is 11.4. The van der Waals surface area contributed by atoms with Gasteiger partial charge < -0.3 is 15.2 Å². The molecule has 0 bridgehead atoms. The van der Waals surface area contributed by atoms with Gasteiger partial charge in [-0.25, -0.2) is 9.67 Å². The largest absolute Gasteiger partial charge is 0.405 e. The first-order valence-corrected chi connectivity index (χ1v) is 9.50. The van der Waals surface area contributed by atoms with Crippen molar-refractivity contribution in [3.05, 3.63) is 72.8 Å². The van der Waals surface area contributed by atoms with E-state index in [1.165, 1.54) is 12.1 Å². The first kappa shape index (κ1) is 21.1. The number of nitrogens with zero attached hydrogens (tertiary/aromatic N) is 5. The highest BCUT2D eigenvalue weighted by atomic mass is 19.4. The standard InChI is InChI=1S/C21H18F3N7O/c1-30-20(27-16-6-8-17(9-7-16)31-11-10-25-13-31)28-18(29-30)14-2-4-15(5-3-14)19(32)26-12-21(22,23)24/h2-11,13H,12H2,1H3,(H,26,32)(H,27,28,29). The molecule has 32 heavy (non-hydrogen) atoms. The monoisotopic (exact) mass is 441 g/mol. The zero-order valence-electron chi connectivity index (χ0n) is 16.8. The second kappa shape index (κ2) is 8.53. The van der Waals surface area contributed by atoms with Crippen molar-refractivity contribution in [2.24, 2.45) is 7.05 Å². The average Bonchev–Trinajstić information content (AvgIpc) is 3.43. The molecule has 8 nitrogen and oxygen atoms in total. The van der Waals surface area contributed by atoms with Crippen molar-refractivity contribution in [1.82, 2.24) is 29.6 Å². The lowest BCUT2D eigenvalue weighted by atomic mass is 10.1. The van der Waals surface area contributed by atoms with E-state index >= 15 is 0 Å². The Hall–Kier alpha value is -4.15. The van der Waals surface area contributed by atoms with Gasteiger partial charge in [-0.1, -0.05) is 12.1 Å². The van der Waals surface area contributed by atoms with Crippen molar-refractivity contribution >= 4 is 17.5 Å². The Morgan fingerprint density at radius 2 is 1.78 bits per heavy atom. The zero-order valence-corrected chi connectivity index (χ0v) is 16.8. The first-order chi connectivity index (χ1) is 15.3. The van der Waals surface area contributed by atoms with Crippen molar-refractivity contribution < 1.29 is 18.0 Å². The number of carbonyl (C=O) groups excluding carboxylic acids is 1. The third kappa shape index (κ3) is 4.94. The fourth-order valence-corrected chi connectivity index (χ4v) is 2.93. The van der Waals surface area contributed by atoms with Crippen LogP contribution in [0.4, 0.5) is 24.8 Å². The molecule has 0 fully saturated rings. The Morgan fingerprint density at radius 1 is 1.06 bits per heavy atom. The number of alkyl halides is 3. The first-order valence-electron chi connectivity index (χ1n) is 9.50. The number of anilines is 2. The Labute approximate surface area is 180 Å². The average molecular weight is 441 g/mol. The number of aromatic nitrogens is 5. The number of nitrogens with one attached hydrogen (secondary N) is 2. The summed E-state index contributed by atoms with van der Waals surface area (Å²) in [6, 6.07) is 13.7. The number of imidazole rings is 1. The van der Waals surface area contributed by atoms with Crippen LogP contribution in [-0.2, 0) is 7.05 Å². The van der Waals surface area contributed by atoms with Gasteiger partial charge >= 0.3 is 6.18 Å². The van der Waals surface area contributed by atoms with E-state index in [4.69, 9.17) is 0 Å². The molecule has 0 aliphatic rings. The van der Waals surface area contributed by atoms with Crippen LogP contribution in [0.2, 0.25) is 0 Å². The molecule has 0 aliphatic heterocycles. The summed E-state index contributed by atoms with van der Waals surface area (Å²) in [5.74, 6) is 0.110. The minimum absolute atomic E-state index is 0.116. The number of aryl methyl sites for hydroxylation is 1. The van der Waals surface area contributed by atoms with Gasteiger partial charge in [0.1, 0.15) is 6.54 Å². The fraction of sp³-hybridized carbons (Fsp3) is 0.143. The fourth-order valence-electron chi connectivity index (χ4n) is 2.93. The summed E-state index contributed by atoms with van der Waals surface area (Å²) in [5, 5.41) is 9.39. The molecule has 2 aromatic heterocycles. The molecule has 0 saturated carbocycles. The molecule has 0 aliphatic carbocycles. The molecular weight excluding hydrogens is 423 g/mol. The minimum atomic E-state index is -4.46. The number of carbonyl (C=O) groups is 1. The Kier molecular flexibility index (Phi) is 5.63. The maximum absolute atomic E-state index is 12.3. The van der Waals surface area contributed by atoms with Crippen molar-refractivity contribution in [2.75, 3.05) is 11.9 Å². The van der Waals surface area contributed by atoms with Crippen molar-refractivity contribution in [1.29, 1.82) is 0 Å². The van der Waals surface area contributed by atoms with Crippen LogP contribution < -0.4 is 10.6 Å². The number of hydrogen-bond acceptors (Lipinski definition) is 5. The molecule has 0 atom stereocenters. The molecule has 1 amide bonds. The van der Waals surface area contributed by atoms with Crippen LogP contribution in [-0.4, -0.2) is 42.9 Å². The molecule has 0 unspecified atom stereocenters. The quantitative estimate of drug-likeness (QED) is 0.476. The van der Waals surface area contributed by atoms with Gasteiger partial charge in [-0.15, -0.1) is 5.10 Å². The van der Waals surface area contributed by atoms with Crippen LogP contribution in [0.25, 0.3) is 17.1 Å². The molecule has 164 valence electrons. The van der Waals surface area contributed by atoms with Gasteiger partial charge in [-0.05, 0) is 36.4 Å². The summed E-state index contributed by atoms with van der Waals surface area (Å²) in [6.07, 6.45) is 0.802. The molecule has 0 spiro atoms. The molecule has 0 saturated heterocycles. The third-order valence-corrected chi connectivity index (χ3v) is 4.54. The van der Waals surface area contributed by atoms with E-state index in [-0.39, 0.29) is 5.56 Å². The lowest BCUT2D eigenvalue weighted by Crippen LogP contribution is -2.33. The van der Waals surface area contributed by atoms with Gasteiger partial charge in [0, 0.05) is 41.9 Å². The van der Waals surface area contributed by atoms with E-state index in [0.717, 1.165) is 11.4 Å². The lowest BCUT2D eigenvalue weighted by Gasteiger charge is -2.08. The number of benzene rings is 2. The summed E-state index contributed by atoms with van der Waals surface area (Å²) < 4.78 is 40.2. The highest BCUT2D eigenvalue weighted by molar-refractivity contribution is 5.94. The van der Waals surface area contributed by atoms with E-state index in [9.17, 15) is 18.0 Å². The van der Waals surface area contributed by atoms with Crippen LogP contribution in [0.5, 0.6) is 0 Å². The van der Waals surface area contributed by atoms with Crippen molar-refractivity contribution in [2.45, 2.75) is 6.18 Å². The van der Waals surface area contributed by atoms with Crippen molar-refractivity contribution in [3.63, 3.8) is 0 Å². The summed E-state index contributed by atoms with van der Waals surface area (Å²) in [5.41, 5.74) is 2.51. The predicted octanol–water partition coefficient (Wildman–Crippen LogP) is 3.70. The minimum Gasteiger partial charge on any atom is -0.343 e. The molecule has 2 N–H and O–H groups in total. The topological polar surface area (TPSA) is 89.7 Å². The highest BCUT2D eigenvalue weighted by Gasteiger charge is 2.27. The van der Waals surface area contributed by atoms with Gasteiger partial charge in [0.05, 0.1) is 6.33 Å². The van der Waals surface area contributed by atoms with Crippen LogP contribution in [0, 0.1) is 0 Å². The summed E-state index contributed by atoms with van der Waals surface area (Å²) >= 11 is 0. The summed E-state index contributed by atoms with van der Waals surface area (Å²) in [6.45, 7) is -1.38. The number of amides is 1. The summed E-state index contributed by atoms with van der Waals surface area (Å²) in [7, 11) is 1.73. The van der Waals surface area contributed by atoms with E-state index in [1.807, 2.05) is 40.3 Å².